The van der Waals surface area contributed by atoms with Crippen LogP contribution in [0.1, 0.15) is 69.0 Å². The number of hydrogen-bond acceptors (Lipinski definition) is 4. The highest BCUT2D eigenvalue weighted by Gasteiger charge is 2.33. The van der Waals surface area contributed by atoms with Crippen LogP contribution in [0, 0.1) is 0 Å². The van der Waals surface area contributed by atoms with Gasteiger partial charge >= 0.3 is 6.18 Å². The van der Waals surface area contributed by atoms with E-state index in [-0.39, 0.29) is 6.54 Å². The van der Waals surface area contributed by atoms with Gasteiger partial charge in [-0.3, -0.25) is 0 Å². The highest BCUT2D eigenvalue weighted by molar-refractivity contribution is 7.09. The summed E-state index contributed by atoms with van der Waals surface area (Å²) in [7, 11) is 0. The maximum absolute atomic E-state index is 12.6. The van der Waals surface area contributed by atoms with Gasteiger partial charge in [0.25, 0.3) is 0 Å². The predicted octanol–water partition coefficient (Wildman–Crippen LogP) is 4.74. The largest absolute Gasteiger partial charge is 0.434 e. The van der Waals surface area contributed by atoms with Crippen molar-refractivity contribution >= 4 is 17.3 Å². The second-order valence-corrected chi connectivity index (χ2v) is 7.88. The van der Waals surface area contributed by atoms with Gasteiger partial charge in [-0.1, -0.05) is 25.7 Å². The van der Waals surface area contributed by atoms with E-state index in [2.05, 4.69) is 20.6 Å². The Morgan fingerprint density at radius 2 is 1.96 bits per heavy atom. The maximum atomic E-state index is 12.6. The molecular formula is C19H31F3N4OS. The number of rotatable bonds is 9. The van der Waals surface area contributed by atoms with Gasteiger partial charge < -0.3 is 15.4 Å². The molecule has 1 aromatic rings. The third-order valence-electron chi connectivity index (χ3n) is 4.58. The Hall–Kier alpha value is -1.35. The van der Waals surface area contributed by atoms with Crippen molar-refractivity contribution in [2.45, 2.75) is 77.1 Å². The standard InChI is InChI=1S/C19H31F3N4OS/c1-2-23-18(25-13-17-26-16(14-28-17)19(20,21)22)24-11-7-8-12-27-15-9-5-3-4-6-10-15/h14-15H,2-13H2,1H3,(H2,23,24,25). The van der Waals surface area contributed by atoms with Crippen LogP contribution in [0.4, 0.5) is 13.2 Å². The molecule has 0 radical (unpaired) electrons. The van der Waals surface area contributed by atoms with Crippen LogP contribution in [0.5, 0.6) is 0 Å². The number of nitrogens with zero attached hydrogens (tertiary/aromatic N) is 2. The molecule has 2 N–H and O–H groups in total. The van der Waals surface area contributed by atoms with Crippen LogP contribution in [-0.4, -0.2) is 36.7 Å². The van der Waals surface area contributed by atoms with Crippen molar-refractivity contribution in [1.29, 1.82) is 0 Å². The lowest BCUT2D eigenvalue weighted by Gasteiger charge is -2.15. The number of aromatic nitrogens is 1. The number of nitrogens with one attached hydrogen (secondary N) is 2. The SMILES string of the molecule is CCNC(=NCc1nc(C(F)(F)F)cs1)NCCCCOC1CCCCCC1. The summed E-state index contributed by atoms with van der Waals surface area (Å²) in [6, 6.07) is 0. The Morgan fingerprint density at radius 1 is 1.21 bits per heavy atom. The van der Waals surface area contributed by atoms with Crippen molar-refractivity contribution in [3.8, 4) is 0 Å². The molecule has 0 saturated heterocycles. The van der Waals surface area contributed by atoms with Gasteiger partial charge in [-0.15, -0.1) is 11.3 Å². The minimum atomic E-state index is -4.40. The minimum Gasteiger partial charge on any atom is -0.378 e. The molecule has 0 aliphatic heterocycles. The molecule has 1 heterocycles. The molecule has 0 unspecified atom stereocenters. The number of alkyl halides is 3. The van der Waals surface area contributed by atoms with E-state index in [0.29, 0.717) is 23.6 Å². The van der Waals surface area contributed by atoms with E-state index in [1.54, 1.807) is 0 Å². The fourth-order valence-corrected chi connectivity index (χ4v) is 3.82. The number of guanidine groups is 1. The molecule has 0 bridgehead atoms. The molecule has 0 amide bonds. The number of unbranched alkanes of at least 4 members (excludes halogenated alkanes) is 1. The minimum absolute atomic E-state index is 0.126. The smallest absolute Gasteiger partial charge is 0.378 e. The van der Waals surface area contributed by atoms with Crippen molar-refractivity contribution in [1.82, 2.24) is 15.6 Å². The summed E-state index contributed by atoms with van der Waals surface area (Å²) in [6.45, 7) is 4.27. The average molecular weight is 421 g/mol. The molecule has 0 spiro atoms. The van der Waals surface area contributed by atoms with E-state index < -0.39 is 11.9 Å². The fourth-order valence-electron chi connectivity index (χ4n) is 3.09. The lowest BCUT2D eigenvalue weighted by Crippen LogP contribution is -2.37. The quantitative estimate of drug-likeness (QED) is 0.262. The molecule has 1 fully saturated rings. The lowest BCUT2D eigenvalue weighted by atomic mass is 10.1. The number of hydrogen-bond donors (Lipinski definition) is 2. The van der Waals surface area contributed by atoms with Crippen LogP contribution in [0.25, 0.3) is 0 Å². The van der Waals surface area contributed by atoms with Crippen LogP contribution >= 0.6 is 11.3 Å². The second-order valence-electron chi connectivity index (χ2n) is 6.94. The zero-order valence-electron chi connectivity index (χ0n) is 16.5. The van der Waals surface area contributed by atoms with E-state index in [4.69, 9.17) is 4.74 Å². The van der Waals surface area contributed by atoms with Crippen LogP contribution in [0.15, 0.2) is 10.4 Å². The highest BCUT2D eigenvalue weighted by Crippen LogP contribution is 2.30. The summed E-state index contributed by atoms with van der Waals surface area (Å²) in [5.74, 6) is 0.593. The monoisotopic (exact) mass is 420 g/mol. The molecule has 1 aliphatic rings. The van der Waals surface area contributed by atoms with E-state index >= 15 is 0 Å². The molecule has 0 aromatic carbocycles. The first-order valence-corrected chi connectivity index (χ1v) is 11.0. The van der Waals surface area contributed by atoms with Crippen LogP contribution in [0.2, 0.25) is 0 Å². The summed E-state index contributed by atoms with van der Waals surface area (Å²) < 4.78 is 43.8. The first-order chi connectivity index (χ1) is 13.5. The van der Waals surface area contributed by atoms with Gasteiger partial charge in [0.15, 0.2) is 11.7 Å². The van der Waals surface area contributed by atoms with Crippen LogP contribution in [0.3, 0.4) is 0 Å². The first-order valence-electron chi connectivity index (χ1n) is 10.1. The molecule has 5 nitrogen and oxygen atoms in total. The van der Waals surface area contributed by atoms with Gasteiger partial charge in [0.1, 0.15) is 5.01 Å². The second kappa shape index (κ2) is 12.3. The Kier molecular flexibility index (Phi) is 10.0. The van der Waals surface area contributed by atoms with Crippen LogP contribution in [-0.2, 0) is 17.5 Å². The summed E-state index contributed by atoms with van der Waals surface area (Å²) in [6.07, 6.45) is 5.52. The van der Waals surface area contributed by atoms with Gasteiger partial charge in [0.05, 0.1) is 12.6 Å². The summed E-state index contributed by atoms with van der Waals surface area (Å²) in [4.78, 5) is 7.92. The summed E-state index contributed by atoms with van der Waals surface area (Å²) in [5.41, 5.74) is -0.852. The lowest BCUT2D eigenvalue weighted by molar-refractivity contribution is -0.140. The number of aliphatic imine (C=N–C) groups is 1. The number of halogens is 3. The Bertz CT molecular complexity index is 584. The third kappa shape index (κ3) is 8.77. The van der Waals surface area contributed by atoms with Crippen molar-refractivity contribution in [2.75, 3.05) is 19.7 Å². The predicted molar refractivity (Wildman–Crippen MR) is 107 cm³/mol. The zero-order valence-corrected chi connectivity index (χ0v) is 17.3. The topological polar surface area (TPSA) is 58.5 Å². The Labute approximate surface area is 169 Å². The molecule has 1 aliphatic carbocycles. The first kappa shape index (κ1) is 22.9. The molecule has 1 aromatic heterocycles. The van der Waals surface area contributed by atoms with Crippen LogP contribution < -0.4 is 10.6 Å². The number of ether oxygens (including phenoxy) is 1. The molecule has 160 valence electrons. The van der Waals surface area contributed by atoms with Crippen molar-refractivity contribution in [2.24, 2.45) is 4.99 Å². The Morgan fingerprint density at radius 3 is 2.61 bits per heavy atom. The van der Waals surface area contributed by atoms with Gasteiger partial charge in [0.2, 0.25) is 0 Å². The molecular weight excluding hydrogens is 389 g/mol. The number of thiazole rings is 1. The van der Waals surface area contributed by atoms with Gasteiger partial charge in [-0.2, -0.15) is 13.2 Å². The summed E-state index contributed by atoms with van der Waals surface area (Å²) in [5, 5.41) is 7.69. The van der Waals surface area contributed by atoms with Gasteiger partial charge in [-0.25, -0.2) is 9.98 Å². The highest BCUT2D eigenvalue weighted by atomic mass is 32.1. The Balaban J connectivity index is 1.66. The van der Waals surface area contributed by atoms with E-state index in [1.807, 2.05) is 6.92 Å². The van der Waals surface area contributed by atoms with E-state index in [9.17, 15) is 13.2 Å². The molecule has 28 heavy (non-hydrogen) atoms. The zero-order chi connectivity index (χ0) is 20.2. The fraction of sp³-hybridized carbons (Fsp3) is 0.789. The van der Waals surface area contributed by atoms with Crippen molar-refractivity contribution in [3.63, 3.8) is 0 Å². The maximum Gasteiger partial charge on any atom is 0.434 e. The molecule has 1 saturated carbocycles. The normalized spacial score (nSPS) is 16.8. The third-order valence-corrected chi connectivity index (χ3v) is 5.41. The molecule has 9 heteroatoms. The van der Waals surface area contributed by atoms with Crippen molar-refractivity contribution in [3.05, 3.63) is 16.1 Å². The molecule has 2 rings (SSSR count). The van der Waals surface area contributed by atoms with Gasteiger partial charge in [-0.05, 0) is 32.6 Å². The van der Waals surface area contributed by atoms with E-state index in [1.165, 1.54) is 38.5 Å². The average Bonchev–Trinajstić information content (AvgIpc) is 2.99. The van der Waals surface area contributed by atoms with Crippen molar-refractivity contribution < 1.29 is 17.9 Å². The van der Waals surface area contributed by atoms with E-state index in [0.717, 1.165) is 42.7 Å². The molecule has 0 atom stereocenters. The summed E-state index contributed by atoms with van der Waals surface area (Å²) >= 11 is 0.976. The van der Waals surface area contributed by atoms with Gasteiger partial charge in [0, 0.05) is 25.1 Å².